The molecule has 0 radical (unpaired) electrons. The van der Waals surface area contributed by atoms with E-state index < -0.39 is 6.04 Å². The third-order valence-electron chi connectivity index (χ3n) is 4.96. The van der Waals surface area contributed by atoms with Crippen molar-refractivity contribution in [1.29, 1.82) is 0 Å². The van der Waals surface area contributed by atoms with Gasteiger partial charge >= 0.3 is 6.03 Å². The van der Waals surface area contributed by atoms with Crippen LogP contribution >= 0.6 is 34.5 Å². The first-order valence-corrected chi connectivity index (χ1v) is 11.3. The van der Waals surface area contributed by atoms with Crippen LogP contribution in [0.1, 0.15) is 12.8 Å². The number of halogens is 2. The fourth-order valence-electron chi connectivity index (χ4n) is 3.39. The zero-order valence-corrected chi connectivity index (χ0v) is 19.3. The number of methoxy groups -OCH3 is 1. The summed E-state index contributed by atoms with van der Waals surface area (Å²) < 4.78 is 5.23. The maximum Gasteiger partial charge on any atom is 0.322 e. The van der Waals surface area contributed by atoms with Gasteiger partial charge in [-0.25, -0.2) is 4.79 Å². The number of amides is 3. The van der Waals surface area contributed by atoms with E-state index in [0.717, 1.165) is 12.0 Å². The minimum atomic E-state index is -0.609. The predicted molar refractivity (Wildman–Crippen MR) is 126 cm³/mol. The fraction of sp³-hybridized carbons (Fsp3) is 0.238. The second kappa shape index (κ2) is 9.72. The molecule has 1 unspecified atom stereocenters. The Bertz CT molecular complexity index is 1160. The first-order chi connectivity index (χ1) is 15.4. The highest BCUT2D eigenvalue weighted by atomic mass is 35.5. The number of carbonyl (C=O) groups excluding carboxylic acids is 2. The Morgan fingerprint density at radius 1 is 1.12 bits per heavy atom. The van der Waals surface area contributed by atoms with Gasteiger partial charge < -0.3 is 15.0 Å². The number of benzene rings is 2. The quantitative estimate of drug-likeness (QED) is 0.513. The molecule has 3 amide bonds. The largest absolute Gasteiger partial charge is 0.497 e. The van der Waals surface area contributed by atoms with Crippen molar-refractivity contribution in [2.24, 2.45) is 0 Å². The van der Waals surface area contributed by atoms with E-state index in [9.17, 15) is 9.59 Å². The average Bonchev–Trinajstić information content (AvgIpc) is 3.46. The second-order valence-electron chi connectivity index (χ2n) is 7.04. The number of likely N-dealkylation sites (tertiary alicyclic amines) is 1. The highest BCUT2D eigenvalue weighted by Crippen LogP contribution is 2.30. The number of anilines is 2. The first-order valence-electron chi connectivity index (χ1n) is 9.76. The summed E-state index contributed by atoms with van der Waals surface area (Å²) in [7, 11) is 1.59. The van der Waals surface area contributed by atoms with Gasteiger partial charge in [0, 0.05) is 17.8 Å². The van der Waals surface area contributed by atoms with Crippen LogP contribution in [-0.4, -0.2) is 46.7 Å². The normalized spacial score (nSPS) is 15.5. The molecule has 3 aromatic rings. The molecule has 1 fully saturated rings. The van der Waals surface area contributed by atoms with Gasteiger partial charge in [0.05, 0.1) is 17.2 Å². The summed E-state index contributed by atoms with van der Waals surface area (Å²) in [6.07, 6.45) is 1.28. The van der Waals surface area contributed by atoms with Crippen LogP contribution in [0.15, 0.2) is 42.5 Å². The molecule has 0 bridgehead atoms. The van der Waals surface area contributed by atoms with E-state index >= 15 is 0 Å². The standard InChI is InChI=1S/C21H19Cl2N5O3S/c1-31-14-5-2-4-12(10-14)19-26-27-20(32-19)25-18(29)17-6-3-9-28(17)21(30)24-13-7-8-15(22)16(23)11-13/h2,4-5,7-8,10-11,17H,3,6,9H2,1H3,(H,24,30)(H,25,27,29). The van der Waals surface area contributed by atoms with Crippen LogP contribution in [0.25, 0.3) is 10.6 Å². The van der Waals surface area contributed by atoms with Crippen molar-refractivity contribution < 1.29 is 14.3 Å². The fourth-order valence-corrected chi connectivity index (χ4v) is 4.43. The lowest BCUT2D eigenvalue weighted by molar-refractivity contribution is -0.119. The van der Waals surface area contributed by atoms with Crippen LogP contribution in [0.4, 0.5) is 15.6 Å². The minimum absolute atomic E-state index is 0.305. The zero-order valence-electron chi connectivity index (χ0n) is 17.0. The summed E-state index contributed by atoms with van der Waals surface area (Å²) in [5.74, 6) is 0.401. The van der Waals surface area contributed by atoms with Crippen molar-refractivity contribution in [3.63, 3.8) is 0 Å². The monoisotopic (exact) mass is 491 g/mol. The maximum absolute atomic E-state index is 12.9. The van der Waals surface area contributed by atoms with E-state index in [-0.39, 0.29) is 11.9 Å². The molecule has 4 rings (SSSR count). The van der Waals surface area contributed by atoms with Gasteiger partial charge in [-0.3, -0.25) is 10.1 Å². The lowest BCUT2D eigenvalue weighted by Crippen LogP contribution is -2.45. The Kier molecular flexibility index (Phi) is 6.78. The number of nitrogens with zero attached hydrogens (tertiary/aromatic N) is 3. The van der Waals surface area contributed by atoms with E-state index in [1.54, 1.807) is 25.3 Å². The van der Waals surface area contributed by atoms with Gasteiger partial charge in [0.25, 0.3) is 0 Å². The zero-order chi connectivity index (χ0) is 22.7. The number of nitrogens with one attached hydrogen (secondary N) is 2. The number of hydrogen-bond acceptors (Lipinski definition) is 6. The Balaban J connectivity index is 1.42. The summed E-state index contributed by atoms with van der Waals surface area (Å²) in [6, 6.07) is 11.3. The number of hydrogen-bond donors (Lipinski definition) is 2. The van der Waals surface area contributed by atoms with E-state index in [0.29, 0.717) is 44.6 Å². The molecule has 1 aliphatic heterocycles. The summed E-state index contributed by atoms with van der Waals surface area (Å²) in [6.45, 7) is 0.469. The van der Waals surface area contributed by atoms with Crippen LogP contribution in [0.3, 0.4) is 0 Å². The molecule has 11 heteroatoms. The molecular formula is C21H19Cl2N5O3S. The Labute approximate surface area is 198 Å². The average molecular weight is 492 g/mol. The second-order valence-corrected chi connectivity index (χ2v) is 8.84. The number of rotatable bonds is 5. The van der Waals surface area contributed by atoms with Gasteiger partial charge in [-0.15, -0.1) is 10.2 Å². The van der Waals surface area contributed by atoms with E-state index in [4.69, 9.17) is 27.9 Å². The summed E-state index contributed by atoms with van der Waals surface area (Å²) in [5, 5.41) is 15.5. The molecule has 8 nitrogen and oxygen atoms in total. The van der Waals surface area contributed by atoms with Gasteiger partial charge in [0.1, 0.15) is 16.8 Å². The molecule has 1 saturated heterocycles. The van der Waals surface area contributed by atoms with Crippen molar-refractivity contribution in [2.75, 3.05) is 24.3 Å². The molecule has 1 atom stereocenters. The number of aromatic nitrogens is 2. The van der Waals surface area contributed by atoms with Crippen LogP contribution in [-0.2, 0) is 4.79 Å². The third-order valence-corrected chi connectivity index (χ3v) is 6.59. The molecule has 0 spiro atoms. The molecule has 2 heterocycles. The molecule has 0 aliphatic carbocycles. The van der Waals surface area contributed by atoms with E-state index in [1.165, 1.54) is 16.2 Å². The molecular weight excluding hydrogens is 473 g/mol. The maximum atomic E-state index is 12.9. The molecule has 2 aromatic carbocycles. The summed E-state index contributed by atoms with van der Waals surface area (Å²) in [5.41, 5.74) is 1.34. The van der Waals surface area contributed by atoms with Crippen LogP contribution < -0.4 is 15.4 Å². The highest BCUT2D eigenvalue weighted by Gasteiger charge is 2.34. The van der Waals surface area contributed by atoms with Gasteiger partial charge in [0.2, 0.25) is 11.0 Å². The van der Waals surface area contributed by atoms with E-state index in [2.05, 4.69) is 20.8 Å². The van der Waals surface area contributed by atoms with Crippen molar-refractivity contribution in [1.82, 2.24) is 15.1 Å². The van der Waals surface area contributed by atoms with Gasteiger partial charge in [-0.05, 0) is 43.2 Å². The number of ether oxygens (including phenoxy) is 1. The van der Waals surface area contributed by atoms with Gasteiger partial charge in [-0.2, -0.15) is 0 Å². The van der Waals surface area contributed by atoms with Crippen LogP contribution in [0.2, 0.25) is 10.0 Å². The lowest BCUT2D eigenvalue weighted by atomic mass is 10.2. The minimum Gasteiger partial charge on any atom is -0.497 e. The van der Waals surface area contributed by atoms with Gasteiger partial charge in [0.15, 0.2) is 0 Å². The summed E-state index contributed by atoms with van der Waals surface area (Å²) in [4.78, 5) is 27.1. The number of urea groups is 1. The van der Waals surface area contributed by atoms with E-state index in [1.807, 2.05) is 24.3 Å². The van der Waals surface area contributed by atoms with Crippen molar-refractivity contribution >= 4 is 57.3 Å². The smallest absolute Gasteiger partial charge is 0.322 e. The molecule has 32 heavy (non-hydrogen) atoms. The Morgan fingerprint density at radius 2 is 1.97 bits per heavy atom. The van der Waals surface area contributed by atoms with Crippen molar-refractivity contribution in [3.05, 3.63) is 52.5 Å². The topological polar surface area (TPSA) is 96.5 Å². The van der Waals surface area contributed by atoms with Gasteiger partial charge in [-0.1, -0.05) is 46.7 Å². The van der Waals surface area contributed by atoms with Crippen LogP contribution in [0.5, 0.6) is 5.75 Å². The SMILES string of the molecule is COc1cccc(-c2nnc(NC(=O)C3CCCN3C(=O)Nc3ccc(Cl)c(Cl)c3)s2)c1. The molecule has 1 aliphatic rings. The van der Waals surface area contributed by atoms with Crippen molar-refractivity contribution in [2.45, 2.75) is 18.9 Å². The third kappa shape index (κ3) is 4.95. The first kappa shape index (κ1) is 22.3. The molecule has 1 aromatic heterocycles. The molecule has 0 saturated carbocycles. The Morgan fingerprint density at radius 3 is 2.75 bits per heavy atom. The molecule has 2 N–H and O–H groups in total. The van der Waals surface area contributed by atoms with Crippen LogP contribution in [0, 0.1) is 0 Å². The lowest BCUT2D eigenvalue weighted by Gasteiger charge is -2.23. The number of carbonyl (C=O) groups is 2. The molecule has 166 valence electrons. The summed E-state index contributed by atoms with van der Waals surface area (Å²) >= 11 is 13.2. The predicted octanol–water partition coefficient (Wildman–Crippen LogP) is 5.16. The Hall–Kier alpha value is -2.88. The highest BCUT2D eigenvalue weighted by molar-refractivity contribution is 7.18. The van der Waals surface area contributed by atoms with Crippen molar-refractivity contribution in [3.8, 4) is 16.3 Å².